The van der Waals surface area contributed by atoms with Gasteiger partial charge in [-0.25, -0.2) is 4.79 Å². The van der Waals surface area contributed by atoms with E-state index in [1.807, 2.05) is 12.1 Å². The van der Waals surface area contributed by atoms with Crippen LogP contribution in [-0.2, 0) is 16.0 Å². The largest absolute Gasteiger partial charge is 0.469 e. The van der Waals surface area contributed by atoms with Crippen LogP contribution < -0.4 is 9.64 Å². The first-order valence-electron chi connectivity index (χ1n) is 6.85. The summed E-state index contributed by atoms with van der Waals surface area (Å²) in [5.74, 6) is 0.288. The smallest absolute Gasteiger partial charge is 0.414 e. The lowest BCUT2D eigenvalue weighted by Gasteiger charge is -2.19. The van der Waals surface area contributed by atoms with Crippen molar-refractivity contribution in [3.8, 4) is 5.75 Å². The fourth-order valence-electron chi connectivity index (χ4n) is 2.24. The van der Waals surface area contributed by atoms with Crippen LogP contribution in [0.15, 0.2) is 18.2 Å². The van der Waals surface area contributed by atoms with Gasteiger partial charge in [-0.2, -0.15) is 0 Å². The van der Waals surface area contributed by atoms with E-state index in [-0.39, 0.29) is 5.97 Å². The fraction of sp³-hybridized carbons (Fsp3) is 0.467. The number of fused-ring (bicyclic) bond motifs is 1. The van der Waals surface area contributed by atoms with Crippen molar-refractivity contribution in [2.24, 2.45) is 0 Å². The lowest BCUT2D eigenvalue weighted by molar-refractivity contribution is -0.140. The van der Waals surface area contributed by atoms with Gasteiger partial charge < -0.3 is 19.3 Å². The van der Waals surface area contributed by atoms with E-state index in [4.69, 9.17) is 4.74 Å². The number of methoxy groups -OCH3 is 1. The highest BCUT2D eigenvalue weighted by molar-refractivity contribution is 5.72. The van der Waals surface area contributed by atoms with Gasteiger partial charge >= 0.3 is 12.1 Å². The number of carbonyl (C=O) groups excluding carboxylic acids is 2. The number of hydrogen-bond acceptors (Lipinski definition) is 5. The molecule has 0 bridgehead atoms. The fourth-order valence-corrected chi connectivity index (χ4v) is 2.24. The summed E-state index contributed by atoms with van der Waals surface area (Å²) in [6.45, 7) is 1.46. The topological polar surface area (TPSA) is 59.1 Å². The molecule has 0 atom stereocenters. The summed E-state index contributed by atoms with van der Waals surface area (Å²) >= 11 is 0. The van der Waals surface area contributed by atoms with E-state index >= 15 is 0 Å². The molecule has 0 unspecified atom stereocenters. The lowest BCUT2D eigenvalue weighted by atomic mass is 10.1. The Bertz CT molecular complexity index is 542. The van der Waals surface area contributed by atoms with Gasteiger partial charge in [-0.15, -0.1) is 0 Å². The third-order valence-electron chi connectivity index (χ3n) is 3.43. The Labute approximate surface area is 124 Å². The highest BCUT2D eigenvalue weighted by atomic mass is 16.6. The number of nitrogens with zero attached hydrogens (tertiary/aromatic N) is 2. The number of esters is 1. The Kier molecular flexibility index (Phi) is 4.67. The molecule has 1 aliphatic heterocycles. The second-order valence-electron chi connectivity index (χ2n) is 5.12. The van der Waals surface area contributed by atoms with Crippen LogP contribution in [0.4, 0.5) is 10.5 Å². The second kappa shape index (κ2) is 6.47. The van der Waals surface area contributed by atoms with Gasteiger partial charge in [0, 0.05) is 38.9 Å². The van der Waals surface area contributed by atoms with Crippen LogP contribution in [0.5, 0.6) is 5.75 Å². The van der Waals surface area contributed by atoms with Gasteiger partial charge in [0.2, 0.25) is 0 Å². The molecule has 6 heteroatoms. The first kappa shape index (κ1) is 15.2. The van der Waals surface area contributed by atoms with Crippen molar-refractivity contribution in [2.45, 2.75) is 12.8 Å². The summed E-state index contributed by atoms with van der Waals surface area (Å²) in [6, 6.07) is 5.61. The van der Waals surface area contributed by atoms with Crippen molar-refractivity contribution in [3.63, 3.8) is 0 Å². The molecule has 1 aromatic rings. The molecule has 6 nitrogen and oxygen atoms in total. The maximum Gasteiger partial charge on any atom is 0.414 e. The zero-order valence-corrected chi connectivity index (χ0v) is 12.6. The van der Waals surface area contributed by atoms with Crippen LogP contribution in [0.1, 0.15) is 12.0 Å². The number of benzene rings is 1. The van der Waals surface area contributed by atoms with Crippen molar-refractivity contribution in [2.75, 3.05) is 39.2 Å². The van der Waals surface area contributed by atoms with Crippen LogP contribution in [0.2, 0.25) is 0 Å². The van der Waals surface area contributed by atoms with Gasteiger partial charge in [-0.05, 0) is 18.1 Å². The Morgan fingerprint density at radius 2 is 2.10 bits per heavy atom. The molecule has 0 aliphatic carbocycles. The van der Waals surface area contributed by atoms with E-state index in [2.05, 4.69) is 9.64 Å². The number of hydrogen-bond donors (Lipinski definition) is 0. The van der Waals surface area contributed by atoms with E-state index in [0.29, 0.717) is 18.7 Å². The maximum absolute atomic E-state index is 11.6. The van der Waals surface area contributed by atoms with E-state index < -0.39 is 6.09 Å². The van der Waals surface area contributed by atoms with Crippen LogP contribution in [0.3, 0.4) is 0 Å². The SMILES string of the molecule is COC(=O)CCN1CCc2ccc(OC(=O)N(C)C)cc21. The predicted molar refractivity (Wildman–Crippen MR) is 78.7 cm³/mol. The molecular formula is C15H20N2O4. The van der Waals surface area contributed by atoms with Gasteiger partial charge in [0.05, 0.1) is 13.5 Å². The summed E-state index contributed by atoms with van der Waals surface area (Å²) in [4.78, 5) is 26.3. The zero-order chi connectivity index (χ0) is 15.4. The Morgan fingerprint density at radius 3 is 2.76 bits per heavy atom. The molecule has 1 aromatic carbocycles. The van der Waals surface area contributed by atoms with Crippen LogP contribution in [-0.4, -0.2) is 51.3 Å². The number of amides is 1. The summed E-state index contributed by atoms with van der Waals surface area (Å²) in [5.41, 5.74) is 2.22. The van der Waals surface area contributed by atoms with Crippen molar-refractivity contribution in [1.82, 2.24) is 4.90 Å². The monoisotopic (exact) mass is 292 g/mol. The molecule has 1 heterocycles. The molecule has 1 aliphatic rings. The van der Waals surface area contributed by atoms with E-state index in [9.17, 15) is 9.59 Å². The number of ether oxygens (including phenoxy) is 2. The summed E-state index contributed by atoms with van der Waals surface area (Å²) in [6.07, 6.45) is 0.866. The first-order valence-corrected chi connectivity index (χ1v) is 6.85. The van der Waals surface area contributed by atoms with Crippen molar-refractivity contribution in [1.29, 1.82) is 0 Å². The second-order valence-corrected chi connectivity index (χ2v) is 5.12. The van der Waals surface area contributed by atoms with Gasteiger partial charge in [-0.3, -0.25) is 4.79 Å². The van der Waals surface area contributed by atoms with E-state index in [1.54, 1.807) is 20.2 Å². The molecule has 0 fully saturated rings. The molecule has 0 radical (unpaired) electrons. The van der Waals surface area contributed by atoms with Gasteiger partial charge in [0.25, 0.3) is 0 Å². The molecule has 2 rings (SSSR count). The molecule has 0 N–H and O–H groups in total. The molecule has 21 heavy (non-hydrogen) atoms. The van der Waals surface area contributed by atoms with Gasteiger partial charge in [0.1, 0.15) is 5.75 Å². The maximum atomic E-state index is 11.6. The third-order valence-corrected chi connectivity index (χ3v) is 3.43. The summed E-state index contributed by atoms with van der Waals surface area (Å²) in [5, 5.41) is 0. The van der Waals surface area contributed by atoms with Crippen LogP contribution in [0, 0.1) is 0 Å². The van der Waals surface area contributed by atoms with Crippen LogP contribution >= 0.6 is 0 Å². The molecule has 0 saturated carbocycles. The van der Waals surface area contributed by atoms with E-state index in [0.717, 1.165) is 18.7 Å². The average Bonchev–Trinajstić information content (AvgIpc) is 2.87. The third kappa shape index (κ3) is 3.65. The molecule has 0 saturated heterocycles. The van der Waals surface area contributed by atoms with Crippen molar-refractivity contribution >= 4 is 17.7 Å². The molecule has 0 spiro atoms. The minimum absolute atomic E-state index is 0.223. The van der Waals surface area contributed by atoms with E-state index in [1.165, 1.54) is 17.6 Å². The lowest BCUT2D eigenvalue weighted by Crippen LogP contribution is -2.26. The Balaban J connectivity index is 2.07. The normalized spacial score (nSPS) is 12.8. The number of anilines is 1. The number of rotatable bonds is 4. The summed E-state index contributed by atoms with van der Waals surface area (Å²) < 4.78 is 9.93. The zero-order valence-electron chi connectivity index (χ0n) is 12.6. The molecular weight excluding hydrogens is 272 g/mol. The minimum atomic E-state index is -0.408. The summed E-state index contributed by atoms with van der Waals surface area (Å²) in [7, 11) is 4.66. The van der Waals surface area contributed by atoms with Crippen LogP contribution in [0.25, 0.3) is 0 Å². The highest BCUT2D eigenvalue weighted by Gasteiger charge is 2.21. The quantitative estimate of drug-likeness (QED) is 0.790. The molecule has 0 aromatic heterocycles. The average molecular weight is 292 g/mol. The number of carbonyl (C=O) groups is 2. The Hall–Kier alpha value is -2.24. The minimum Gasteiger partial charge on any atom is -0.469 e. The van der Waals surface area contributed by atoms with Crippen molar-refractivity contribution < 1.29 is 19.1 Å². The predicted octanol–water partition coefficient (Wildman–Crippen LogP) is 1.67. The van der Waals surface area contributed by atoms with Gasteiger partial charge in [-0.1, -0.05) is 6.07 Å². The standard InChI is InChI=1S/C15H20N2O4/c1-16(2)15(19)21-12-5-4-11-6-8-17(13(11)10-12)9-7-14(18)20-3/h4-5,10H,6-9H2,1-3H3. The van der Waals surface area contributed by atoms with Gasteiger partial charge in [0.15, 0.2) is 0 Å². The highest BCUT2D eigenvalue weighted by Crippen LogP contribution is 2.32. The first-order chi connectivity index (χ1) is 10.0. The van der Waals surface area contributed by atoms with Crippen molar-refractivity contribution in [3.05, 3.63) is 23.8 Å². The molecule has 114 valence electrons. The Morgan fingerprint density at radius 1 is 1.33 bits per heavy atom. The molecule has 1 amide bonds.